The monoisotopic (exact) mass is 492 g/mol. The maximum atomic E-state index is 5.05. The standard InChI is InChI=1S/C10H8IN2O.Ir/c1-14-9-4-2-8(3-5-9)13-7-6-10(11)12-13;/h2,4-7H,1H3;/q-1;. The number of hydrogen-bond acceptors (Lipinski definition) is 2. The van der Waals surface area contributed by atoms with Crippen molar-refractivity contribution in [3.8, 4) is 11.4 Å². The van der Waals surface area contributed by atoms with Crippen LogP contribution in [-0.2, 0) is 20.1 Å². The van der Waals surface area contributed by atoms with Crippen LogP contribution in [-0.4, -0.2) is 16.9 Å². The van der Waals surface area contributed by atoms with Crippen LogP contribution in [0.3, 0.4) is 0 Å². The number of methoxy groups -OCH3 is 1. The van der Waals surface area contributed by atoms with Crippen molar-refractivity contribution < 1.29 is 24.8 Å². The Labute approximate surface area is 115 Å². The SMILES string of the molecule is COc1c[c-]c(-n2ccc(I)n2)cc1.[Ir]. The Morgan fingerprint density at radius 2 is 2.20 bits per heavy atom. The zero-order valence-corrected chi connectivity index (χ0v) is 12.5. The van der Waals surface area contributed by atoms with Crippen LogP contribution in [0.4, 0.5) is 0 Å². The van der Waals surface area contributed by atoms with Gasteiger partial charge in [0.25, 0.3) is 0 Å². The van der Waals surface area contributed by atoms with Crippen LogP contribution in [0.25, 0.3) is 5.69 Å². The smallest absolute Gasteiger partial charge is 0.123 e. The Morgan fingerprint density at radius 3 is 2.67 bits per heavy atom. The second-order valence-electron chi connectivity index (χ2n) is 2.70. The molecule has 1 radical (unpaired) electrons. The minimum atomic E-state index is 0. The van der Waals surface area contributed by atoms with Gasteiger partial charge in [-0.15, -0.1) is 18.2 Å². The van der Waals surface area contributed by atoms with E-state index in [1.165, 1.54) is 0 Å². The molecule has 5 heteroatoms. The van der Waals surface area contributed by atoms with Crippen molar-refractivity contribution in [2.45, 2.75) is 0 Å². The molecule has 0 aliphatic heterocycles. The Kier molecular flexibility index (Phi) is 4.76. The van der Waals surface area contributed by atoms with Crippen molar-refractivity contribution in [3.63, 3.8) is 0 Å². The van der Waals surface area contributed by atoms with E-state index in [2.05, 4.69) is 33.8 Å². The summed E-state index contributed by atoms with van der Waals surface area (Å²) >= 11 is 2.17. The molecule has 81 valence electrons. The second-order valence-corrected chi connectivity index (χ2v) is 3.80. The first-order valence-electron chi connectivity index (χ1n) is 4.07. The van der Waals surface area contributed by atoms with Gasteiger partial charge >= 0.3 is 0 Å². The number of benzene rings is 1. The Hall–Kier alpha value is -0.391. The molecule has 15 heavy (non-hydrogen) atoms. The van der Waals surface area contributed by atoms with Gasteiger partial charge in [0.2, 0.25) is 0 Å². The average molecular weight is 491 g/mol. The third kappa shape index (κ3) is 3.03. The summed E-state index contributed by atoms with van der Waals surface area (Å²) in [5.41, 5.74) is 0.911. The molecule has 0 unspecified atom stereocenters. The maximum Gasteiger partial charge on any atom is 0.123 e. The molecular weight excluding hydrogens is 483 g/mol. The van der Waals surface area contributed by atoms with Gasteiger partial charge in [-0.2, -0.15) is 11.2 Å². The van der Waals surface area contributed by atoms with Crippen LogP contribution in [0, 0.1) is 9.77 Å². The predicted molar refractivity (Wildman–Crippen MR) is 61.7 cm³/mol. The van der Waals surface area contributed by atoms with Crippen molar-refractivity contribution >= 4 is 22.6 Å². The van der Waals surface area contributed by atoms with E-state index in [1.54, 1.807) is 17.9 Å². The molecule has 1 heterocycles. The maximum absolute atomic E-state index is 5.05. The van der Waals surface area contributed by atoms with Crippen molar-refractivity contribution in [3.05, 3.63) is 40.2 Å². The van der Waals surface area contributed by atoms with Gasteiger partial charge < -0.3 is 4.74 Å². The Balaban J connectivity index is 0.00000112. The van der Waals surface area contributed by atoms with Crippen LogP contribution < -0.4 is 4.74 Å². The fourth-order valence-corrected chi connectivity index (χ4v) is 1.50. The van der Waals surface area contributed by atoms with E-state index in [0.717, 1.165) is 15.1 Å². The largest absolute Gasteiger partial charge is 0.554 e. The summed E-state index contributed by atoms with van der Waals surface area (Å²) in [7, 11) is 1.64. The van der Waals surface area contributed by atoms with Gasteiger partial charge in [0.05, 0.1) is 7.11 Å². The van der Waals surface area contributed by atoms with Gasteiger partial charge in [0.1, 0.15) is 3.70 Å². The molecule has 0 saturated heterocycles. The molecule has 2 aromatic rings. The minimum absolute atomic E-state index is 0. The first-order chi connectivity index (χ1) is 6.79. The van der Waals surface area contributed by atoms with Gasteiger partial charge in [-0.25, -0.2) is 0 Å². The summed E-state index contributed by atoms with van der Waals surface area (Å²) in [6, 6.07) is 10.6. The molecule has 2 rings (SSSR count). The van der Waals surface area contributed by atoms with Gasteiger partial charge in [-0.1, -0.05) is 0 Å². The van der Waals surface area contributed by atoms with Crippen LogP contribution in [0.2, 0.25) is 0 Å². The normalized spacial score (nSPS) is 9.47. The molecule has 0 saturated carbocycles. The van der Waals surface area contributed by atoms with E-state index in [1.807, 2.05) is 24.4 Å². The molecule has 0 aliphatic carbocycles. The molecule has 0 aliphatic rings. The van der Waals surface area contributed by atoms with Crippen LogP contribution >= 0.6 is 22.6 Å². The molecule has 0 bridgehead atoms. The van der Waals surface area contributed by atoms with E-state index >= 15 is 0 Å². The van der Waals surface area contributed by atoms with Gasteiger partial charge in [0, 0.05) is 32.1 Å². The zero-order chi connectivity index (χ0) is 9.97. The summed E-state index contributed by atoms with van der Waals surface area (Å²) in [6.07, 6.45) is 1.90. The second kappa shape index (κ2) is 5.63. The fourth-order valence-electron chi connectivity index (χ4n) is 1.11. The molecule has 0 amide bonds. The quantitative estimate of drug-likeness (QED) is 0.477. The van der Waals surface area contributed by atoms with E-state index < -0.39 is 0 Å². The van der Waals surface area contributed by atoms with Crippen molar-refractivity contribution in [2.24, 2.45) is 0 Å². The van der Waals surface area contributed by atoms with Crippen molar-refractivity contribution in [1.29, 1.82) is 0 Å². The molecule has 3 nitrogen and oxygen atoms in total. The van der Waals surface area contributed by atoms with E-state index in [0.29, 0.717) is 0 Å². The molecular formula is C10H8IIrN2O-. The molecule has 0 spiro atoms. The van der Waals surface area contributed by atoms with Gasteiger partial charge in [-0.05, 0) is 34.3 Å². The van der Waals surface area contributed by atoms with Crippen LogP contribution in [0.1, 0.15) is 0 Å². The summed E-state index contributed by atoms with van der Waals surface area (Å²) < 4.78 is 7.79. The molecule has 1 aromatic carbocycles. The van der Waals surface area contributed by atoms with E-state index in [9.17, 15) is 0 Å². The minimum Gasteiger partial charge on any atom is -0.554 e. The molecule has 1 aromatic heterocycles. The van der Waals surface area contributed by atoms with Crippen molar-refractivity contribution in [1.82, 2.24) is 9.78 Å². The van der Waals surface area contributed by atoms with E-state index in [-0.39, 0.29) is 20.1 Å². The van der Waals surface area contributed by atoms with E-state index in [4.69, 9.17) is 4.74 Å². The summed E-state index contributed by atoms with van der Waals surface area (Å²) in [6.45, 7) is 0. The first-order valence-corrected chi connectivity index (χ1v) is 5.15. The fraction of sp³-hybridized carbons (Fsp3) is 0.100. The number of halogens is 1. The number of hydrogen-bond donors (Lipinski definition) is 0. The molecule has 0 N–H and O–H groups in total. The Morgan fingerprint density at radius 1 is 1.40 bits per heavy atom. The first kappa shape index (κ1) is 12.7. The molecule has 0 fully saturated rings. The van der Waals surface area contributed by atoms with Gasteiger partial charge in [-0.3, -0.25) is 4.68 Å². The number of nitrogens with zero attached hydrogens (tertiary/aromatic N) is 2. The zero-order valence-electron chi connectivity index (χ0n) is 7.90. The number of aromatic nitrogens is 2. The molecule has 0 atom stereocenters. The Bertz CT molecular complexity index is 427. The summed E-state index contributed by atoms with van der Waals surface area (Å²) in [5, 5.41) is 4.27. The predicted octanol–water partition coefficient (Wildman–Crippen LogP) is 2.28. The van der Waals surface area contributed by atoms with Crippen LogP contribution in [0.15, 0.2) is 30.5 Å². The van der Waals surface area contributed by atoms with Crippen LogP contribution in [0.5, 0.6) is 5.75 Å². The topological polar surface area (TPSA) is 27.1 Å². The van der Waals surface area contributed by atoms with Crippen molar-refractivity contribution in [2.75, 3.05) is 7.11 Å². The number of ether oxygens (including phenoxy) is 1. The average Bonchev–Trinajstić information content (AvgIpc) is 2.65. The third-order valence-electron chi connectivity index (χ3n) is 1.81. The third-order valence-corrected chi connectivity index (χ3v) is 2.38. The number of rotatable bonds is 2. The summed E-state index contributed by atoms with van der Waals surface area (Å²) in [4.78, 5) is 0. The summed E-state index contributed by atoms with van der Waals surface area (Å²) in [5.74, 6) is 0.801. The van der Waals surface area contributed by atoms with Gasteiger partial charge in [0.15, 0.2) is 0 Å².